The molecule has 0 saturated carbocycles. The van der Waals surface area contributed by atoms with E-state index in [2.05, 4.69) is 4.98 Å². The van der Waals surface area contributed by atoms with Crippen LogP contribution in [0.2, 0.25) is 5.02 Å². The van der Waals surface area contributed by atoms with Crippen molar-refractivity contribution in [2.24, 2.45) is 0 Å². The molecule has 1 atom stereocenters. The summed E-state index contributed by atoms with van der Waals surface area (Å²) in [5.74, 6) is 0.685. The highest BCUT2D eigenvalue weighted by atomic mass is 35.5. The van der Waals surface area contributed by atoms with Gasteiger partial charge in [0, 0.05) is 29.5 Å². The molecule has 0 amide bonds. The molecular weight excluding hydrogens is 264 g/mol. The fourth-order valence-corrected chi connectivity index (χ4v) is 2.01. The number of ether oxygens (including phenoxy) is 1. The van der Waals surface area contributed by atoms with E-state index in [1.165, 1.54) is 0 Å². The van der Waals surface area contributed by atoms with Gasteiger partial charge in [0.1, 0.15) is 5.75 Å². The Morgan fingerprint density at radius 1 is 1.47 bits per heavy atom. The summed E-state index contributed by atoms with van der Waals surface area (Å²) in [5.41, 5.74) is 0.718. The lowest BCUT2D eigenvalue weighted by Crippen LogP contribution is -2.05. The Balaban J connectivity index is 1.88. The van der Waals surface area contributed by atoms with Crippen LogP contribution in [0.25, 0.3) is 0 Å². The molecule has 2 aromatic rings. The van der Waals surface area contributed by atoms with Gasteiger partial charge in [0.15, 0.2) is 0 Å². The van der Waals surface area contributed by atoms with Gasteiger partial charge in [-0.2, -0.15) is 0 Å². The van der Waals surface area contributed by atoms with Gasteiger partial charge in [0.05, 0.1) is 19.0 Å². The quantitative estimate of drug-likeness (QED) is 0.827. The molecule has 0 aliphatic carbocycles. The molecule has 0 aliphatic heterocycles. The van der Waals surface area contributed by atoms with Crippen LogP contribution >= 0.6 is 11.6 Å². The first-order chi connectivity index (χ1) is 9.16. The summed E-state index contributed by atoms with van der Waals surface area (Å²) in [6.45, 7) is 3.14. The second-order valence-electron chi connectivity index (χ2n) is 4.36. The molecule has 102 valence electrons. The van der Waals surface area contributed by atoms with Gasteiger partial charge in [-0.05, 0) is 31.5 Å². The highest BCUT2D eigenvalue weighted by molar-refractivity contribution is 6.30. The van der Waals surface area contributed by atoms with E-state index in [9.17, 15) is 5.11 Å². The number of aliphatic hydroxyl groups is 1. The van der Waals surface area contributed by atoms with Crippen molar-refractivity contribution in [1.82, 2.24) is 9.55 Å². The monoisotopic (exact) mass is 280 g/mol. The first-order valence-electron chi connectivity index (χ1n) is 6.23. The van der Waals surface area contributed by atoms with Gasteiger partial charge in [0.2, 0.25) is 0 Å². The molecule has 4 nitrogen and oxygen atoms in total. The van der Waals surface area contributed by atoms with Gasteiger partial charge in [-0.3, -0.25) is 0 Å². The molecule has 1 heterocycles. The topological polar surface area (TPSA) is 47.3 Å². The molecule has 19 heavy (non-hydrogen) atoms. The minimum absolute atomic E-state index is 0.583. The molecule has 0 bridgehead atoms. The first kappa shape index (κ1) is 13.9. The predicted molar refractivity (Wildman–Crippen MR) is 74.4 cm³/mol. The summed E-state index contributed by atoms with van der Waals surface area (Å²) in [6, 6.07) is 5.29. The van der Waals surface area contributed by atoms with Crippen molar-refractivity contribution in [3.63, 3.8) is 0 Å². The van der Waals surface area contributed by atoms with Crippen molar-refractivity contribution in [3.8, 4) is 5.75 Å². The van der Waals surface area contributed by atoms with Gasteiger partial charge < -0.3 is 14.4 Å². The van der Waals surface area contributed by atoms with E-state index in [-0.39, 0.29) is 0 Å². The molecule has 5 heteroatoms. The molecule has 0 radical (unpaired) electrons. The Morgan fingerprint density at radius 3 is 3.00 bits per heavy atom. The summed E-state index contributed by atoms with van der Waals surface area (Å²) >= 11 is 5.91. The molecule has 0 fully saturated rings. The zero-order valence-electron chi connectivity index (χ0n) is 10.8. The summed E-state index contributed by atoms with van der Waals surface area (Å²) in [7, 11) is 0. The van der Waals surface area contributed by atoms with E-state index >= 15 is 0 Å². The number of hydrogen-bond donors (Lipinski definition) is 1. The summed E-state index contributed by atoms with van der Waals surface area (Å²) < 4.78 is 7.70. The SMILES string of the molecule is C[C@@H](O)c1cc(Cl)ccc1OCCCn1ccnc1. The number of nitrogens with zero attached hydrogens (tertiary/aromatic N) is 2. The van der Waals surface area contributed by atoms with Crippen LogP contribution in [-0.4, -0.2) is 21.3 Å². The third-order valence-electron chi connectivity index (χ3n) is 2.80. The highest BCUT2D eigenvalue weighted by Gasteiger charge is 2.09. The second kappa shape index (κ2) is 6.59. The molecular formula is C14H17ClN2O2. The first-order valence-corrected chi connectivity index (χ1v) is 6.60. The predicted octanol–water partition coefficient (Wildman–Crippen LogP) is 3.06. The maximum absolute atomic E-state index is 9.68. The van der Waals surface area contributed by atoms with E-state index in [1.54, 1.807) is 37.6 Å². The lowest BCUT2D eigenvalue weighted by molar-refractivity contribution is 0.190. The molecule has 0 spiro atoms. The molecule has 1 N–H and O–H groups in total. The number of benzene rings is 1. The Kier molecular flexibility index (Phi) is 4.82. The van der Waals surface area contributed by atoms with Crippen LogP contribution in [0.5, 0.6) is 5.75 Å². The number of aliphatic hydroxyl groups excluding tert-OH is 1. The fraction of sp³-hybridized carbons (Fsp3) is 0.357. The van der Waals surface area contributed by atoms with Crippen molar-refractivity contribution in [3.05, 3.63) is 47.5 Å². The maximum atomic E-state index is 9.68. The van der Waals surface area contributed by atoms with Crippen LogP contribution in [0.15, 0.2) is 36.9 Å². The molecule has 0 saturated heterocycles. The van der Waals surface area contributed by atoms with Crippen LogP contribution in [0.3, 0.4) is 0 Å². The van der Waals surface area contributed by atoms with Gasteiger partial charge in [-0.25, -0.2) is 4.98 Å². The molecule has 0 unspecified atom stereocenters. The largest absolute Gasteiger partial charge is 0.493 e. The third-order valence-corrected chi connectivity index (χ3v) is 3.03. The average molecular weight is 281 g/mol. The van der Waals surface area contributed by atoms with Crippen LogP contribution in [0, 0.1) is 0 Å². The van der Waals surface area contributed by atoms with Crippen molar-refractivity contribution < 1.29 is 9.84 Å². The van der Waals surface area contributed by atoms with Crippen molar-refractivity contribution >= 4 is 11.6 Å². The van der Waals surface area contributed by atoms with Crippen molar-refractivity contribution in [2.75, 3.05) is 6.61 Å². The van der Waals surface area contributed by atoms with E-state index < -0.39 is 6.10 Å². The zero-order chi connectivity index (χ0) is 13.7. The number of aryl methyl sites for hydroxylation is 1. The maximum Gasteiger partial charge on any atom is 0.125 e. The van der Waals surface area contributed by atoms with Crippen LogP contribution in [0.4, 0.5) is 0 Å². The average Bonchev–Trinajstić information content (AvgIpc) is 2.89. The highest BCUT2D eigenvalue weighted by Crippen LogP contribution is 2.28. The van der Waals surface area contributed by atoms with Gasteiger partial charge >= 0.3 is 0 Å². The summed E-state index contributed by atoms with van der Waals surface area (Å²) in [5, 5.41) is 10.3. The lowest BCUT2D eigenvalue weighted by Gasteiger charge is -2.14. The number of halogens is 1. The van der Waals surface area contributed by atoms with Gasteiger partial charge in [-0.1, -0.05) is 11.6 Å². The van der Waals surface area contributed by atoms with Crippen LogP contribution in [0.1, 0.15) is 25.0 Å². The number of rotatable bonds is 6. The van der Waals surface area contributed by atoms with E-state index in [1.807, 2.05) is 10.8 Å². The number of hydrogen-bond acceptors (Lipinski definition) is 3. The molecule has 1 aromatic heterocycles. The number of aromatic nitrogens is 2. The van der Waals surface area contributed by atoms with E-state index in [0.717, 1.165) is 18.5 Å². The van der Waals surface area contributed by atoms with Crippen molar-refractivity contribution in [1.29, 1.82) is 0 Å². The third kappa shape index (κ3) is 3.98. The summed E-state index contributed by atoms with van der Waals surface area (Å²) in [6.07, 6.45) is 5.74. The number of imidazole rings is 1. The Morgan fingerprint density at radius 2 is 2.32 bits per heavy atom. The van der Waals surface area contributed by atoms with Crippen molar-refractivity contribution in [2.45, 2.75) is 26.0 Å². The standard InChI is InChI=1S/C14H17ClN2O2/c1-11(18)13-9-12(15)3-4-14(13)19-8-2-6-17-7-5-16-10-17/h3-5,7,9-11,18H,2,6,8H2,1H3/t11-/m1/s1. The van der Waals surface area contributed by atoms with E-state index in [4.69, 9.17) is 16.3 Å². The normalized spacial score (nSPS) is 12.4. The van der Waals surface area contributed by atoms with Crippen LogP contribution in [-0.2, 0) is 6.54 Å². The minimum atomic E-state index is -0.595. The molecule has 0 aliphatic rings. The Bertz CT molecular complexity index is 512. The second-order valence-corrected chi connectivity index (χ2v) is 4.80. The molecule has 1 aromatic carbocycles. The van der Waals surface area contributed by atoms with E-state index in [0.29, 0.717) is 17.4 Å². The Labute approximate surface area is 117 Å². The lowest BCUT2D eigenvalue weighted by atomic mass is 10.1. The van der Waals surface area contributed by atoms with Gasteiger partial charge in [0.25, 0.3) is 0 Å². The van der Waals surface area contributed by atoms with Gasteiger partial charge in [-0.15, -0.1) is 0 Å². The Hall–Kier alpha value is -1.52. The summed E-state index contributed by atoms with van der Waals surface area (Å²) in [4.78, 5) is 3.98. The smallest absolute Gasteiger partial charge is 0.125 e. The zero-order valence-corrected chi connectivity index (χ0v) is 11.5. The fourth-order valence-electron chi connectivity index (χ4n) is 1.83. The van der Waals surface area contributed by atoms with Crippen LogP contribution < -0.4 is 4.74 Å². The minimum Gasteiger partial charge on any atom is -0.493 e. The molecule has 2 rings (SSSR count).